The molecular formula is C14H16N2O3. The summed E-state index contributed by atoms with van der Waals surface area (Å²) in [6.07, 6.45) is 1.42. The molecule has 1 heterocycles. The molecule has 2 N–H and O–H groups in total. The number of hydrogen-bond donors (Lipinski definition) is 2. The van der Waals surface area contributed by atoms with Crippen LogP contribution < -0.4 is 15.7 Å². The highest BCUT2D eigenvalue weighted by atomic mass is 16.5. The number of nitrogens with one attached hydrogen (secondary N) is 2. The van der Waals surface area contributed by atoms with E-state index in [1.165, 1.54) is 6.07 Å². The molecule has 0 aliphatic rings. The Morgan fingerprint density at radius 2 is 1.95 bits per heavy atom. The SMILES string of the molecule is CCOc1cccc(CCc2cc(=O)c(=O)[nH][nH]2)c1. The van der Waals surface area contributed by atoms with Crippen LogP contribution in [0.4, 0.5) is 0 Å². The summed E-state index contributed by atoms with van der Waals surface area (Å²) in [5.74, 6) is 0.843. The maximum Gasteiger partial charge on any atom is 0.310 e. The highest BCUT2D eigenvalue weighted by molar-refractivity contribution is 5.29. The molecular weight excluding hydrogens is 244 g/mol. The van der Waals surface area contributed by atoms with E-state index in [4.69, 9.17) is 4.74 Å². The standard InChI is InChI=1S/C14H16N2O3/c1-2-19-12-5-3-4-10(8-12)6-7-11-9-13(17)14(18)16-15-11/h3-5,8-9H,2,6-7H2,1H3,(H,15,17)(H,16,18). The van der Waals surface area contributed by atoms with E-state index in [1.807, 2.05) is 31.2 Å². The van der Waals surface area contributed by atoms with Gasteiger partial charge in [-0.05, 0) is 37.5 Å². The molecule has 0 saturated heterocycles. The second-order valence-corrected chi connectivity index (χ2v) is 4.19. The van der Waals surface area contributed by atoms with E-state index in [2.05, 4.69) is 10.2 Å². The highest BCUT2D eigenvalue weighted by Gasteiger charge is 2.01. The third-order valence-corrected chi connectivity index (χ3v) is 2.76. The van der Waals surface area contributed by atoms with E-state index in [0.717, 1.165) is 17.7 Å². The van der Waals surface area contributed by atoms with E-state index < -0.39 is 11.0 Å². The number of aromatic nitrogens is 2. The first-order chi connectivity index (χ1) is 9.19. The number of benzene rings is 1. The Labute approximate surface area is 110 Å². The molecule has 0 aliphatic heterocycles. The van der Waals surface area contributed by atoms with Crippen molar-refractivity contribution >= 4 is 0 Å². The van der Waals surface area contributed by atoms with Crippen LogP contribution in [0.3, 0.4) is 0 Å². The van der Waals surface area contributed by atoms with Gasteiger partial charge in [0.2, 0.25) is 5.43 Å². The molecule has 2 aromatic rings. The van der Waals surface area contributed by atoms with Gasteiger partial charge in [-0.2, -0.15) is 0 Å². The summed E-state index contributed by atoms with van der Waals surface area (Å²) in [5, 5.41) is 5.04. The van der Waals surface area contributed by atoms with Gasteiger partial charge in [0.05, 0.1) is 6.61 Å². The largest absolute Gasteiger partial charge is 0.494 e. The zero-order valence-corrected chi connectivity index (χ0v) is 10.7. The maximum absolute atomic E-state index is 11.2. The Morgan fingerprint density at radius 3 is 2.68 bits per heavy atom. The van der Waals surface area contributed by atoms with Crippen molar-refractivity contribution in [2.75, 3.05) is 6.61 Å². The lowest BCUT2D eigenvalue weighted by atomic mass is 10.1. The summed E-state index contributed by atoms with van der Waals surface area (Å²) < 4.78 is 5.43. The lowest BCUT2D eigenvalue weighted by Gasteiger charge is -2.06. The normalized spacial score (nSPS) is 10.4. The number of H-pyrrole nitrogens is 2. The fraction of sp³-hybridized carbons (Fsp3) is 0.286. The van der Waals surface area contributed by atoms with Crippen LogP contribution in [0.2, 0.25) is 0 Å². The molecule has 2 rings (SSSR count). The summed E-state index contributed by atoms with van der Waals surface area (Å²) in [5.41, 5.74) is 0.698. The van der Waals surface area contributed by atoms with Crippen molar-refractivity contribution in [1.29, 1.82) is 0 Å². The molecule has 0 aliphatic carbocycles. The number of aromatic amines is 2. The maximum atomic E-state index is 11.2. The highest BCUT2D eigenvalue weighted by Crippen LogP contribution is 2.14. The molecule has 0 fully saturated rings. The van der Waals surface area contributed by atoms with Crippen molar-refractivity contribution < 1.29 is 4.74 Å². The fourth-order valence-electron chi connectivity index (χ4n) is 1.83. The van der Waals surface area contributed by atoms with Gasteiger partial charge in [-0.1, -0.05) is 12.1 Å². The lowest BCUT2D eigenvalue weighted by Crippen LogP contribution is -2.27. The number of aryl methyl sites for hydroxylation is 2. The van der Waals surface area contributed by atoms with Crippen LogP contribution in [0.15, 0.2) is 39.9 Å². The molecule has 19 heavy (non-hydrogen) atoms. The quantitative estimate of drug-likeness (QED) is 0.794. The van der Waals surface area contributed by atoms with Crippen molar-refractivity contribution in [3.05, 3.63) is 62.2 Å². The summed E-state index contributed by atoms with van der Waals surface area (Å²) in [6.45, 7) is 2.58. The van der Waals surface area contributed by atoms with Crippen LogP contribution in [0.25, 0.3) is 0 Å². The Morgan fingerprint density at radius 1 is 1.11 bits per heavy atom. The minimum absolute atomic E-state index is 0.517. The van der Waals surface area contributed by atoms with Crippen molar-refractivity contribution in [1.82, 2.24) is 10.2 Å². The molecule has 0 unspecified atom stereocenters. The first-order valence-electron chi connectivity index (χ1n) is 6.21. The van der Waals surface area contributed by atoms with Gasteiger partial charge in [-0.15, -0.1) is 0 Å². The van der Waals surface area contributed by atoms with E-state index in [9.17, 15) is 9.59 Å². The van der Waals surface area contributed by atoms with Gasteiger partial charge in [-0.3, -0.25) is 14.7 Å². The predicted octanol–water partition coefficient (Wildman–Crippen LogP) is 1.25. The molecule has 0 saturated carbocycles. The van der Waals surface area contributed by atoms with Crippen molar-refractivity contribution in [2.45, 2.75) is 19.8 Å². The molecule has 0 spiro atoms. The van der Waals surface area contributed by atoms with Gasteiger partial charge in [-0.25, -0.2) is 0 Å². The molecule has 0 bridgehead atoms. The lowest BCUT2D eigenvalue weighted by molar-refractivity contribution is 0.340. The topological polar surface area (TPSA) is 75.0 Å². The van der Waals surface area contributed by atoms with Crippen molar-refractivity contribution in [3.63, 3.8) is 0 Å². The fourth-order valence-corrected chi connectivity index (χ4v) is 1.83. The minimum atomic E-state index is -0.623. The van der Waals surface area contributed by atoms with E-state index in [1.54, 1.807) is 0 Å². The Kier molecular flexibility index (Phi) is 4.18. The van der Waals surface area contributed by atoms with Crippen molar-refractivity contribution in [2.24, 2.45) is 0 Å². The Balaban J connectivity index is 2.05. The summed E-state index contributed by atoms with van der Waals surface area (Å²) in [4.78, 5) is 22.2. The molecule has 100 valence electrons. The van der Waals surface area contributed by atoms with Crippen LogP contribution in [0.1, 0.15) is 18.2 Å². The molecule has 0 radical (unpaired) electrons. The minimum Gasteiger partial charge on any atom is -0.494 e. The van der Waals surface area contributed by atoms with Gasteiger partial charge < -0.3 is 9.84 Å². The summed E-state index contributed by atoms with van der Waals surface area (Å²) in [7, 11) is 0. The number of ether oxygens (including phenoxy) is 1. The molecule has 5 heteroatoms. The molecule has 5 nitrogen and oxygen atoms in total. The first-order valence-corrected chi connectivity index (χ1v) is 6.21. The van der Waals surface area contributed by atoms with Gasteiger partial charge in [0.15, 0.2) is 0 Å². The van der Waals surface area contributed by atoms with Crippen molar-refractivity contribution in [3.8, 4) is 5.75 Å². The van der Waals surface area contributed by atoms with Gasteiger partial charge in [0, 0.05) is 11.8 Å². The second kappa shape index (κ2) is 6.04. The smallest absolute Gasteiger partial charge is 0.310 e. The molecule has 1 aromatic heterocycles. The van der Waals surface area contributed by atoms with E-state index in [0.29, 0.717) is 18.7 Å². The Hall–Kier alpha value is -2.30. The second-order valence-electron chi connectivity index (χ2n) is 4.19. The van der Waals surface area contributed by atoms with Crippen LogP contribution >= 0.6 is 0 Å². The van der Waals surface area contributed by atoms with Crippen LogP contribution in [-0.2, 0) is 12.8 Å². The van der Waals surface area contributed by atoms with Crippen LogP contribution in [0.5, 0.6) is 5.75 Å². The molecule has 0 atom stereocenters. The van der Waals surface area contributed by atoms with Gasteiger partial charge >= 0.3 is 5.56 Å². The molecule has 1 aromatic carbocycles. The van der Waals surface area contributed by atoms with Gasteiger partial charge in [0.1, 0.15) is 5.75 Å². The number of hydrogen-bond acceptors (Lipinski definition) is 3. The predicted molar refractivity (Wildman–Crippen MR) is 72.7 cm³/mol. The zero-order valence-electron chi connectivity index (χ0n) is 10.7. The third kappa shape index (κ3) is 3.58. The monoisotopic (exact) mass is 260 g/mol. The number of rotatable bonds is 5. The van der Waals surface area contributed by atoms with E-state index >= 15 is 0 Å². The van der Waals surface area contributed by atoms with Gasteiger partial charge in [0.25, 0.3) is 0 Å². The average molecular weight is 260 g/mol. The first kappa shape index (κ1) is 13.1. The Bertz CT molecular complexity index is 658. The zero-order chi connectivity index (χ0) is 13.7. The van der Waals surface area contributed by atoms with E-state index in [-0.39, 0.29) is 0 Å². The summed E-state index contributed by atoms with van der Waals surface area (Å²) >= 11 is 0. The summed E-state index contributed by atoms with van der Waals surface area (Å²) in [6, 6.07) is 9.18. The third-order valence-electron chi connectivity index (χ3n) is 2.76. The average Bonchev–Trinajstić information content (AvgIpc) is 2.41. The van der Waals surface area contributed by atoms with Crippen LogP contribution in [-0.4, -0.2) is 16.8 Å². The van der Waals surface area contributed by atoms with Crippen LogP contribution in [0, 0.1) is 0 Å². The molecule has 0 amide bonds.